The molecular weight excluding hydrogens is 268 g/mol. The van der Waals surface area contributed by atoms with Crippen LogP contribution in [0.4, 0.5) is 0 Å². The molecule has 0 aliphatic carbocycles. The van der Waals surface area contributed by atoms with Gasteiger partial charge in [0.1, 0.15) is 12.4 Å². The Balaban J connectivity index is 2.89. The quantitative estimate of drug-likeness (QED) is 0.493. The number of ether oxygens (including phenoxy) is 1. The molecule has 0 aliphatic heterocycles. The number of benzene rings is 1. The van der Waals surface area contributed by atoms with E-state index in [9.17, 15) is 9.59 Å². The first-order chi connectivity index (χ1) is 9.99. The molecule has 0 radical (unpaired) electrons. The molecule has 5 nitrogen and oxygen atoms in total. The maximum Gasteiger partial charge on any atom is 0.245 e. The maximum absolute atomic E-state index is 12.2. The Labute approximate surface area is 124 Å². The smallest absolute Gasteiger partial charge is 0.245 e. The fourth-order valence-corrected chi connectivity index (χ4v) is 1.59. The van der Waals surface area contributed by atoms with Crippen molar-refractivity contribution in [1.82, 2.24) is 5.32 Å². The molecule has 1 atom stereocenters. The average molecular weight is 286 g/mol. The average Bonchev–Trinajstić information content (AvgIpc) is 2.47. The van der Waals surface area contributed by atoms with Gasteiger partial charge in [0.25, 0.3) is 0 Å². The van der Waals surface area contributed by atoms with E-state index in [2.05, 4.69) is 5.32 Å². The molecule has 0 heterocycles. The lowest BCUT2D eigenvalue weighted by molar-refractivity contribution is -0.121. The molecule has 0 saturated carbocycles. The van der Waals surface area contributed by atoms with Crippen LogP contribution in [0.1, 0.15) is 24.2 Å². The molecule has 1 amide bonds. The summed E-state index contributed by atoms with van der Waals surface area (Å²) in [5.41, 5.74) is 1.41. The first kappa shape index (κ1) is 16.4. The maximum atomic E-state index is 12.2. The van der Waals surface area contributed by atoms with E-state index in [-0.39, 0.29) is 5.56 Å². The summed E-state index contributed by atoms with van der Waals surface area (Å²) in [5.74, 6) is -1.97. The fraction of sp³-hybridized carbons (Fsp3) is 0.312. The zero-order valence-electron chi connectivity index (χ0n) is 12.3. The van der Waals surface area contributed by atoms with Gasteiger partial charge >= 0.3 is 0 Å². The van der Waals surface area contributed by atoms with Crippen molar-refractivity contribution < 1.29 is 14.3 Å². The van der Waals surface area contributed by atoms with Crippen LogP contribution in [-0.2, 0) is 4.79 Å². The lowest BCUT2D eigenvalue weighted by Crippen LogP contribution is -2.32. The Bertz CT molecular complexity index is 596. The van der Waals surface area contributed by atoms with E-state index in [1.807, 2.05) is 19.9 Å². The molecule has 0 fully saturated rings. The third-order valence-corrected chi connectivity index (χ3v) is 2.76. The molecule has 110 valence electrons. The minimum atomic E-state index is -1.34. The lowest BCUT2D eigenvalue weighted by atomic mass is 9.98. The second-order valence-corrected chi connectivity index (χ2v) is 4.66. The molecule has 1 aromatic carbocycles. The Hall–Kier alpha value is -2.61. The van der Waals surface area contributed by atoms with E-state index in [0.29, 0.717) is 12.4 Å². The number of carbonyl (C=O) groups is 2. The summed E-state index contributed by atoms with van der Waals surface area (Å²) in [4.78, 5) is 23.7. The molecule has 0 aliphatic rings. The number of nitrogens with one attached hydrogen (secondary N) is 1. The summed E-state index contributed by atoms with van der Waals surface area (Å²) < 4.78 is 5.50. The van der Waals surface area contributed by atoms with E-state index in [0.717, 1.165) is 5.57 Å². The zero-order valence-corrected chi connectivity index (χ0v) is 12.3. The molecule has 0 unspecified atom stereocenters. The van der Waals surface area contributed by atoms with Gasteiger partial charge in [-0.2, -0.15) is 5.26 Å². The highest BCUT2D eigenvalue weighted by molar-refractivity contribution is 6.12. The number of carbonyl (C=O) groups excluding carboxylic acids is 2. The molecule has 0 spiro atoms. The van der Waals surface area contributed by atoms with Gasteiger partial charge < -0.3 is 10.1 Å². The summed E-state index contributed by atoms with van der Waals surface area (Å²) in [6.45, 7) is 4.32. The molecular formula is C16H18N2O3. The minimum absolute atomic E-state index is 0.278. The molecule has 1 aromatic rings. The molecule has 0 aromatic heterocycles. The van der Waals surface area contributed by atoms with Gasteiger partial charge in [-0.1, -0.05) is 17.7 Å². The van der Waals surface area contributed by atoms with E-state index in [1.165, 1.54) is 13.1 Å². The third kappa shape index (κ3) is 4.77. The molecule has 0 saturated heterocycles. The highest BCUT2D eigenvalue weighted by atomic mass is 16.5. The Morgan fingerprint density at radius 1 is 1.43 bits per heavy atom. The lowest BCUT2D eigenvalue weighted by Gasteiger charge is -2.09. The highest BCUT2D eigenvalue weighted by Gasteiger charge is 2.26. The van der Waals surface area contributed by atoms with Crippen molar-refractivity contribution in [2.24, 2.45) is 5.92 Å². The molecule has 1 rings (SSSR count). The van der Waals surface area contributed by atoms with Crippen LogP contribution >= 0.6 is 0 Å². The monoisotopic (exact) mass is 286 g/mol. The van der Waals surface area contributed by atoms with E-state index in [4.69, 9.17) is 10.00 Å². The number of amides is 1. The van der Waals surface area contributed by atoms with Gasteiger partial charge in [0.15, 0.2) is 11.7 Å². The minimum Gasteiger partial charge on any atom is -0.490 e. The Morgan fingerprint density at radius 3 is 2.71 bits per heavy atom. The largest absolute Gasteiger partial charge is 0.490 e. The van der Waals surface area contributed by atoms with Gasteiger partial charge in [0.2, 0.25) is 5.91 Å². The number of hydrogen-bond acceptors (Lipinski definition) is 4. The van der Waals surface area contributed by atoms with Crippen molar-refractivity contribution in [3.8, 4) is 11.8 Å². The highest BCUT2D eigenvalue weighted by Crippen LogP contribution is 2.17. The summed E-state index contributed by atoms with van der Waals surface area (Å²) in [7, 11) is 1.39. The Kier molecular flexibility index (Phi) is 6.15. The van der Waals surface area contributed by atoms with Crippen LogP contribution in [0.15, 0.2) is 35.9 Å². The van der Waals surface area contributed by atoms with Crippen molar-refractivity contribution in [3.63, 3.8) is 0 Å². The van der Waals surface area contributed by atoms with Crippen molar-refractivity contribution in [3.05, 3.63) is 41.5 Å². The predicted molar refractivity (Wildman–Crippen MR) is 78.9 cm³/mol. The van der Waals surface area contributed by atoms with Crippen LogP contribution < -0.4 is 10.1 Å². The van der Waals surface area contributed by atoms with Crippen LogP contribution in [0.25, 0.3) is 0 Å². The van der Waals surface area contributed by atoms with E-state index < -0.39 is 17.6 Å². The SMILES string of the molecule is CNC(=O)[C@@H](C#N)C(=O)c1cccc(OCC=C(C)C)c1. The van der Waals surface area contributed by atoms with Crippen molar-refractivity contribution in [1.29, 1.82) is 5.26 Å². The van der Waals surface area contributed by atoms with E-state index >= 15 is 0 Å². The number of rotatable bonds is 6. The number of Topliss-reactive ketones (excluding diaryl/α,β-unsaturated/α-hetero) is 1. The van der Waals surface area contributed by atoms with Crippen LogP contribution in [0.5, 0.6) is 5.75 Å². The topological polar surface area (TPSA) is 79.2 Å². The van der Waals surface area contributed by atoms with Crippen molar-refractivity contribution in [2.75, 3.05) is 13.7 Å². The van der Waals surface area contributed by atoms with Crippen molar-refractivity contribution >= 4 is 11.7 Å². The first-order valence-electron chi connectivity index (χ1n) is 6.51. The molecule has 0 bridgehead atoms. The van der Waals surface area contributed by atoms with Crippen LogP contribution in [0.3, 0.4) is 0 Å². The van der Waals surface area contributed by atoms with Crippen LogP contribution in [-0.4, -0.2) is 25.3 Å². The standard InChI is InChI=1S/C16H18N2O3/c1-11(2)7-8-21-13-6-4-5-12(9-13)15(19)14(10-17)16(20)18-3/h4-7,9,14H,8H2,1-3H3,(H,18,20)/t14-/m0/s1. The fourth-order valence-electron chi connectivity index (χ4n) is 1.59. The normalized spacial score (nSPS) is 11.0. The molecule has 5 heteroatoms. The van der Waals surface area contributed by atoms with Gasteiger partial charge in [-0.3, -0.25) is 9.59 Å². The number of hydrogen-bond donors (Lipinski definition) is 1. The summed E-state index contributed by atoms with van der Waals surface area (Å²) in [6.07, 6.45) is 1.91. The second kappa shape index (κ2) is 7.85. The summed E-state index contributed by atoms with van der Waals surface area (Å²) in [6, 6.07) is 8.19. The Morgan fingerprint density at radius 2 is 2.14 bits per heavy atom. The second-order valence-electron chi connectivity index (χ2n) is 4.66. The summed E-state index contributed by atoms with van der Waals surface area (Å²) in [5, 5.41) is 11.3. The van der Waals surface area contributed by atoms with Crippen molar-refractivity contribution in [2.45, 2.75) is 13.8 Å². The number of nitrogens with zero attached hydrogens (tertiary/aromatic N) is 1. The van der Waals surface area contributed by atoms with Crippen LogP contribution in [0.2, 0.25) is 0 Å². The number of nitriles is 1. The summed E-state index contributed by atoms with van der Waals surface area (Å²) >= 11 is 0. The predicted octanol–water partition coefficient (Wildman–Crippen LogP) is 2.10. The van der Waals surface area contributed by atoms with Gasteiger partial charge in [0, 0.05) is 12.6 Å². The first-order valence-corrected chi connectivity index (χ1v) is 6.51. The number of allylic oxidation sites excluding steroid dienone is 1. The zero-order chi connectivity index (χ0) is 15.8. The molecule has 1 N–H and O–H groups in total. The van der Waals surface area contributed by atoms with E-state index in [1.54, 1.807) is 24.3 Å². The molecule has 21 heavy (non-hydrogen) atoms. The van der Waals surface area contributed by atoms with Gasteiger partial charge in [-0.15, -0.1) is 0 Å². The third-order valence-electron chi connectivity index (χ3n) is 2.76. The number of ketones is 1. The van der Waals surface area contributed by atoms with Crippen LogP contribution in [0, 0.1) is 17.2 Å². The van der Waals surface area contributed by atoms with Gasteiger partial charge in [0.05, 0.1) is 6.07 Å². The van der Waals surface area contributed by atoms with Gasteiger partial charge in [-0.05, 0) is 32.1 Å². The van der Waals surface area contributed by atoms with Gasteiger partial charge in [-0.25, -0.2) is 0 Å².